The Morgan fingerprint density at radius 3 is 2.16 bits per heavy atom. The van der Waals surface area contributed by atoms with Gasteiger partial charge >= 0.3 is 0 Å². The molecule has 0 bridgehead atoms. The Bertz CT molecular complexity index is 849. The zero-order chi connectivity index (χ0) is 18.4. The topological polar surface area (TPSA) is 118 Å². The van der Waals surface area contributed by atoms with E-state index in [0.717, 1.165) is 0 Å². The summed E-state index contributed by atoms with van der Waals surface area (Å²) >= 11 is 0. The second kappa shape index (κ2) is 7.91. The summed E-state index contributed by atoms with van der Waals surface area (Å²) in [5.41, 5.74) is 6.15. The van der Waals surface area contributed by atoms with E-state index in [0.29, 0.717) is 5.56 Å². The lowest BCUT2D eigenvalue weighted by molar-refractivity contribution is -0.120. The first-order valence-electron chi connectivity index (χ1n) is 7.60. The van der Waals surface area contributed by atoms with Crippen LogP contribution in [0.15, 0.2) is 59.5 Å². The average molecular weight is 361 g/mol. The monoisotopic (exact) mass is 361 g/mol. The van der Waals surface area contributed by atoms with Gasteiger partial charge in [-0.2, -0.15) is 0 Å². The molecule has 7 nitrogen and oxygen atoms in total. The van der Waals surface area contributed by atoms with Gasteiger partial charge in [0, 0.05) is 12.1 Å². The third kappa shape index (κ3) is 4.65. The van der Waals surface area contributed by atoms with E-state index in [-0.39, 0.29) is 17.0 Å². The molecule has 2 aromatic carbocycles. The van der Waals surface area contributed by atoms with Gasteiger partial charge in [-0.05, 0) is 29.8 Å². The Kier molecular flexibility index (Phi) is 5.89. The maximum atomic E-state index is 12.3. The molecule has 4 N–H and O–H groups in total. The Morgan fingerprint density at radius 1 is 1.04 bits per heavy atom. The summed E-state index contributed by atoms with van der Waals surface area (Å²) in [5, 5.41) is 2.55. The largest absolute Gasteiger partial charge is 0.368 e. The average Bonchev–Trinajstić information content (AvgIpc) is 2.60. The molecular weight excluding hydrogens is 342 g/mol. The number of rotatable bonds is 7. The van der Waals surface area contributed by atoms with Gasteiger partial charge in [-0.3, -0.25) is 9.59 Å². The summed E-state index contributed by atoms with van der Waals surface area (Å²) in [6, 6.07) is 13.1. The standard InChI is InChI=1S/C17H19N3O4S/c1-2-19-25(23,24)14-10-8-13(9-11-14)17(22)20-15(16(18)21)12-6-4-3-5-7-12/h3-11,15,19H,2H2,1H3,(H2,18,21)(H,20,22). The molecule has 0 aliphatic rings. The van der Waals surface area contributed by atoms with Crippen molar-refractivity contribution < 1.29 is 18.0 Å². The Labute approximate surface area is 146 Å². The van der Waals surface area contributed by atoms with Crippen LogP contribution in [0, 0.1) is 0 Å². The van der Waals surface area contributed by atoms with Crippen LogP contribution < -0.4 is 15.8 Å². The number of amides is 2. The molecule has 0 heterocycles. The first-order chi connectivity index (χ1) is 11.8. The van der Waals surface area contributed by atoms with Crippen LogP contribution in [0.2, 0.25) is 0 Å². The van der Waals surface area contributed by atoms with Crippen LogP contribution in [-0.2, 0) is 14.8 Å². The highest BCUT2D eigenvalue weighted by atomic mass is 32.2. The Balaban J connectivity index is 2.19. The summed E-state index contributed by atoms with van der Waals surface area (Å²) in [6.45, 7) is 1.94. The van der Waals surface area contributed by atoms with Gasteiger partial charge in [0.15, 0.2) is 0 Å². The van der Waals surface area contributed by atoms with Crippen molar-refractivity contribution in [3.05, 3.63) is 65.7 Å². The van der Waals surface area contributed by atoms with Crippen molar-refractivity contribution >= 4 is 21.8 Å². The normalized spacial score (nSPS) is 12.4. The Hall–Kier alpha value is -2.71. The van der Waals surface area contributed by atoms with Crippen LogP contribution >= 0.6 is 0 Å². The third-order valence-corrected chi connectivity index (χ3v) is 5.02. The van der Waals surface area contributed by atoms with Crippen molar-refractivity contribution in [1.82, 2.24) is 10.0 Å². The lowest BCUT2D eigenvalue weighted by Crippen LogP contribution is -2.37. The zero-order valence-electron chi connectivity index (χ0n) is 13.6. The van der Waals surface area contributed by atoms with Gasteiger partial charge in [0.05, 0.1) is 4.90 Å². The van der Waals surface area contributed by atoms with Crippen LogP contribution in [0.25, 0.3) is 0 Å². The molecule has 0 aliphatic heterocycles. The SMILES string of the molecule is CCNS(=O)(=O)c1ccc(C(=O)NC(C(N)=O)c2ccccc2)cc1. The molecule has 1 atom stereocenters. The molecule has 0 aliphatic carbocycles. The highest BCUT2D eigenvalue weighted by Gasteiger charge is 2.21. The number of nitrogens with two attached hydrogens (primary N) is 1. The van der Waals surface area contributed by atoms with Gasteiger partial charge in [-0.1, -0.05) is 37.3 Å². The lowest BCUT2D eigenvalue weighted by atomic mass is 10.1. The number of primary amides is 1. The fourth-order valence-corrected chi connectivity index (χ4v) is 3.28. The number of hydrogen-bond acceptors (Lipinski definition) is 4. The number of sulfonamides is 1. The first kappa shape index (κ1) is 18.6. The predicted molar refractivity (Wildman–Crippen MR) is 93.1 cm³/mol. The smallest absolute Gasteiger partial charge is 0.252 e. The highest BCUT2D eigenvalue weighted by Crippen LogP contribution is 2.15. The maximum absolute atomic E-state index is 12.3. The van der Waals surface area contributed by atoms with E-state index >= 15 is 0 Å². The zero-order valence-corrected chi connectivity index (χ0v) is 14.4. The van der Waals surface area contributed by atoms with Crippen molar-refractivity contribution in [2.24, 2.45) is 5.73 Å². The molecule has 2 rings (SSSR count). The highest BCUT2D eigenvalue weighted by molar-refractivity contribution is 7.89. The third-order valence-electron chi connectivity index (χ3n) is 3.45. The molecule has 0 spiro atoms. The van der Waals surface area contributed by atoms with Crippen molar-refractivity contribution in [2.45, 2.75) is 17.9 Å². The van der Waals surface area contributed by atoms with E-state index in [9.17, 15) is 18.0 Å². The van der Waals surface area contributed by atoms with Gasteiger partial charge in [-0.15, -0.1) is 0 Å². The molecule has 0 aromatic heterocycles. The van der Waals surface area contributed by atoms with Gasteiger partial charge in [0.2, 0.25) is 15.9 Å². The number of benzene rings is 2. The van der Waals surface area contributed by atoms with Crippen LogP contribution in [0.3, 0.4) is 0 Å². The Morgan fingerprint density at radius 2 is 1.64 bits per heavy atom. The summed E-state index contributed by atoms with van der Waals surface area (Å²) in [5.74, 6) is -1.22. The van der Waals surface area contributed by atoms with E-state index in [4.69, 9.17) is 5.73 Å². The quantitative estimate of drug-likeness (QED) is 0.680. The maximum Gasteiger partial charge on any atom is 0.252 e. The minimum absolute atomic E-state index is 0.0559. The van der Waals surface area contributed by atoms with Crippen molar-refractivity contribution in [3.8, 4) is 0 Å². The molecular formula is C17H19N3O4S. The number of hydrogen-bond donors (Lipinski definition) is 3. The van der Waals surface area contributed by atoms with E-state index in [1.165, 1.54) is 24.3 Å². The van der Waals surface area contributed by atoms with Crippen molar-refractivity contribution in [3.63, 3.8) is 0 Å². The van der Waals surface area contributed by atoms with E-state index in [1.54, 1.807) is 37.3 Å². The lowest BCUT2D eigenvalue weighted by Gasteiger charge is -2.16. The van der Waals surface area contributed by atoms with Crippen LogP contribution in [0.1, 0.15) is 28.9 Å². The number of nitrogens with one attached hydrogen (secondary N) is 2. The van der Waals surface area contributed by atoms with Crippen LogP contribution in [0.5, 0.6) is 0 Å². The second-order valence-electron chi connectivity index (χ2n) is 5.25. The molecule has 1 unspecified atom stereocenters. The predicted octanol–water partition coefficient (Wildman–Crippen LogP) is 0.941. The molecule has 25 heavy (non-hydrogen) atoms. The molecule has 0 saturated carbocycles. The van der Waals surface area contributed by atoms with E-state index < -0.39 is 27.9 Å². The van der Waals surface area contributed by atoms with Crippen molar-refractivity contribution in [2.75, 3.05) is 6.54 Å². The van der Waals surface area contributed by atoms with Gasteiger partial charge in [0.25, 0.3) is 5.91 Å². The molecule has 132 valence electrons. The minimum atomic E-state index is -3.59. The molecule has 2 aromatic rings. The van der Waals surface area contributed by atoms with Gasteiger partial charge < -0.3 is 11.1 Å². The molecule has 0 radical (unpaired) electrons. The molecule has 2 amide bonds. The number of carbonyl (C=O) groups is 2. The summed E-state index contributed by atoms with van der Waals surface area (Å²) in [6.07, 6.45) is 0. The van der Waals surface area contributed by atoms with Crippen molar-refractivity contribution in [1.29, 1.82) is 0 Å². The van der Waals surface area contributed by atoms with Gasteiger partial charge in [-0.25, -0.2) is 13.1 Å². The van der Waals surface area contributed by atoms with E-state index in [2.05, 4.69) is 10.0 Å². The van der Waals surface area contributed by atoms with Crippen LogP contribution in [-0.4, -0.2) is 26.8 Å². The second-order valence-corrected chi connectivity index (χ2v) is 7.01. The molecule has 0 fully saturated rings. The summed E-state index contributed by atoms with van der Waals surface area (Å²) in [4.78, 5) is 24.0. The molecule has 0 saturated heterocycles. The van der Waals surface area contributed by atoms with Crippen LogP contribution in [0.4, 0.5) is 0 Å². The summed E-state index contributed by atoms with van der Waals surface area (Å²) in [7, 11) is -3.59. The first-order valence-corrected chi connectivity index (χ1v) is 9.08. The van der Waals surface area contributed by atoms with E-state index in [1.807, 2.05) is 0 Å². The van der Waals surface area contributed by atoms with Gasteiger partial charge in [0.1, 0.15) is 6.04 Å². The number of carbonyl (C=O) groups excluding carboxylic acids is 2. The fraction of sp³-hybridized carbons (Fsp3) is 0.176. The minimum Gasteiger partial charge on any atom is -0.368 e. The summed E-state index contributed by atoms with van der Waals surface area (Å²) < 4.78 is 26.2. The fourth-order valence-electron chi connectivity index (χ4n) is 2.24. The molecule has 8 heteroatoms.